The molecule has 0 aliphatic rings. The largest absolute Gasteiger partial charge is 0.376 e. The summed E-state index contributed by atoms with van der Waals surface area (Å²) in [5, 5.41) is 15.1. The van der Waals surface area contributed by atoms with Gasteiger partial charge in [-0.05, 0) is 30.0 Å². The average molecular weight is 436 g/mol. The summed E-state index contributed by atoms with van der Waals surface area (Å²) in [6.45, 7) is 1.23. The van der Waals surface area contributed by atoms with Crippen molar-refractivity contribution in [2.45, 2.75) is 18.1 Å². The molecule has 0 saturated heterocycles. The third kappa shape index (κ3) is 3.68. The van der Waals surface area contributed by atoms with Crippen molar-refractivity contribution in [2.75, 3.05) is 11.6 Å². The van der Waals surface area contributed by atoms with E-state index >= 15 is 0 Å². The quantitative estimate of drug-likeness (QED) is 0.340. The van der Waals surface area contributed by atoms with Gasteiger partial charge in [-0.1, -0.05) is 60.7 Å². The first-order valence-electron chi connectivity index (χ1n) is 10.4. The van der Waals surface area contributed by atoms with E-state index in [1.807, 2.05) is 54.8 Å². The zero-order valence-electron chi connectivity index (χ0n) is 17.6. The number of imidazole rings is 1. The maximum absolute atomic E-state index is 9.89. The molecule has 5 aromatic rings. The van der Waals surface area contributed by atoms with Gasteiger partial charge in [-0.2, -0.15) is 5.26 Å². The summed E-state index contributed by atoms with van der Waals surface area (Å²) < 4.78 is 2.24. The van der Waals surface area contributed by atoms with Crippen molar-refractivity contribution in [1.29, 1.82) is 5.26 Å². The van der Waals surface area contributed by atoms with Crippen LogP contribution in [0.3, 0.4) is 0 Å². The monoisotopic (exact) mass is 435 g/mol. The third-order valence-electron chi connectivity index (χ3n) is 5.50. The molecule has 3 aromatic carbocycles. The van der Waals surface area contributed by atoms with E-state index in [1.54, 1.807) is 0 Å². The molecule has 1 N–H and O–H groups in total. The summed E-state index contributed by atoms with van der Waals surface area (Å²) >= 11 is 1.48. The number of nitriles is 1. The van der Waals surface area contributed by atoms with E-state index in [0.29, 0.717) is 12.1 Å². The molecule has 0 amide bonds. The highest BCUT2D eigenvalue weighted by atomic mass is 32.2. The summed E-state index contributed by atoms with van der Waals surface area (Å²) in [5.74, 6) is 0.922. The predicted molar refractivity (Wildman–Crippen MR) is 131 cm³/mol. The molecule has 0 fully saturated rings. The number of nitrogens with one attached hydrogen (secondary N) is 1. The van der Waals surface area contributed by atoms with Gasteiger partial charge in [-0.25, -0.2) is 9.97 Å². The van der Waals surface area contributed by atoms with E-state index in [0.717, 1.165) is 45.0 Å². The average Bonchev–Trinajstić information content (AvgIpc) is 3.19. The van der Waals surface area contributed by atoms with Gasteiger partial charge in [0.25, 0.3) is 0 Å². The maximum Gasteiger partial charge on any atom is 0.129 e. The Morgan fingerprint density at radius 1 is 0.906 bits per heavy atom. The molecule has 2 heterocycles. The van der Waals surface area contributed by atoms with Crippen LogP contribution in [-0.2, 0) is 13.1 Å². The third-order valence-corrected chi connectivity index (χ3v) is 6.19. The van der Waals surface area contributed by atoms with Crippen LogP contribution >= 0.6 is 11.8 Å². The van der Waals surface area contributed by atoms with E-state index in [1.165, 1.54) is 17.3 Å². The zero-order chi connectivity index (χ0) is 21.9. The lowest BCUT2D eigenvalue weighted by Gasteiger charge is -2.15. The van der Waals surface area contributed by atoms with Gasteiger partial charge >= 0.3 is 0 Å². The molecule has 0 aliphatic heterocycles. The summed E-state index contributed by atoms with van der Waals surface area (Å²) in [6.07, 6.45) is 1.95. The molecule has 0 unspecified atom stereocenters. The highest BCUT2D eigenvalue weighted by Gasteiger charge is 2.16. The van der Waals surface area contributed by atoms with Crippen molar-refractivity contribution in [2.24, 2.45) is 0 Å². The molecule has 0 bridgehead atoms. The Balaban J connectivity index is 1.57. The van der Waals surface area contributed by atoms with Crippen LogP contribution in [0.5, 0.6) is 0 Å². The lowest BCUT2D eigenvalue weighted by molar-refractivity contribution is 0.756. The molecule has 0 radical (unpaired) electrons. The lowest BCUT2D eigenvalue weighted by atomic mass is 10.1. The summed E-state index contributed by atoms with van der Waals surface area (Å²) in [4.78, 5) is 9.57. The number of hydrogen-bond acceptors (Lipinski definition) is 5. The molecule has 156 valence electrons. The molecule has 5 nitrogen and oxygen atoms in total. The fraction of sp³-hybridized carbons (Fsp3) is 0.115. The first kappa shape index (κ1) is 20.1. The molecule has 0 atom stereocenters. The minimum Gasteiger partial charge on any atom is -0.376 e. The summed E-state index contributed by atoms with van der Waals surface area (Å²) in [7, 11) is 0. The predicted octanol–water partition coefficient (Wildman–Crippen LogP) is 5.84. The Bertz CT molecular complexity index is 1450. The Morgan fingerprint density at radius 3 is 2.41 bits per heavy atom. The molecule has 0 spiro atoms. The van der Waals surface area contributed by atoms with Crippen LogP contribution < -0.4 is 5.32 Å². The van der Waals surface area contributed by atoms with E-state index in [-0.39, 0.29) is 0 Å². The van der Waals surface area contributed by atoms with Crippen molar-refractivity contribution < 1.29 is 0 Å². The van der Waals surface area contributed by atoms with Crippen LogP contribution in [0.4, 0.5) is 5.69 Å². The number of para-hydroxylation sites is 3. The Labute approximate surface area is 190 Å². The van der Waals surface area contributed by atoms with Crippen LogP contribution in [0, 0.1) is 11.3 Å². The van der Waals surface area contributed by atoms with E-state index in [9.17, 15) is 5.26 Å². The Morgan fingerprint density at radius 2 is 1.62 bits per heavy atom. The second kappa shape index (κ2) is 8.74. The van der Waals surface area contributed by atoms with Crippen LogP contribution in [0.25, 0.3) is 21.9 Å². The van der Waals surface area contributed by atoms with Gasteiger partial charge in [-0.15, -0.1) is 11.8 Å². The molecule has 0 aliphatic carbocycles. The van der Waals surface area contributed by atoms with Crippen molar-refractivity contribution in [3.05, 3.63) is 95.8 Å². The van der Waals surface area contributed by atoms with Crippen LogP contribution in [-0.4, -0.2) is 20.8 Å². The van der Waals surface area contributed by atoms with Gasteiger partial charge in [0.2, 0.25) is 0 Å². The van der Waals surface area contributed by atoms with E-state index in [4.69, 9.17) is 4.98 Å². The summed E-state index contributed by atoms with van der Waals surface area (Å²) in [6, 6.07) is 28.8. The van der Waals surface area contributed by atoms with Crippen molar-refractivity contribution in [1.82, 2.24) is 14.5 Å². The number of hydrogen-bond donors (Lipinski definition) is 1. The van der Waals surface area contributed by atoms with Crippen molar-refractivity contribution in [3.63, 3.8) is 0 Å². The highest BCUT2D eigenvalue weighted by molar-refractivity contribution is 7.98. The molecule has 0 saturated carbocycles. The van der Waals surface area contributed by atoms with Crippen LogP contribution in [0.1, 0.15) is 17.0 Å². The number of nitrogens with zero attached hydrogens (tertiary/aromatic N) is 4. The van der Waals surface area contributed by atoms with Crippen LogP contribution in [0.2, 0.25) is 0 Å². The summed E-state index contributed by atoms with van der Waals surface area (Å²) in [5.41, 5.74) is 5.52. The highest BCUT2D eigenvalue weighted by Crippen LogP contribution is 2.32. The molecular formula is C26H21N5S. The minimum atomic E-state index is 0.498. The number of thioether (sulfide) groups is 1. The van der Waals surface area contributed by atoms with Gasteiger partial charge < -0.3 is 9.88 Å². The zero-order valence-corrected chi connectivity index (χ0v) is 18.4. The van der Waals surface area contributed by atoms with Gasteiger partial charge in [0.1, 0.15) is 22.5 Å². The number of rotatable bonds is 6. The molecule has 32 heavy (non-hydrogen) atoms. The molecule has 5 rings (SSSR count). The normalized spacial score (nSPS) is 11.0. The smallest absolute Gasteiger partial charge is 0.129 e. The maximum atomic E-state index is 9.89. The standard InChI is InChI=1S/C26H21N5S/c1-32-26-20(15-27)25(19-11-5-6-12-21(19)30-26)28-16-24-29-22-13-7-8-14-23(22)31(24)17-18-9-3-2-4-10-18/h2-14H,16-17H2,1H3,(H,28,30). The van der Waals surface area contributed by atoms with Crippen LogP contribution in [0.15, 0.2) is 83.9 Å². The number of benzene rings is 3. The fourth-order valence-corrected chi connectivity index (χ4v) is 4.54. The molecule has 6 heteroatoms. The second-order valence-electron chi connectivity index (χ2n) is 7.44. The number of fused-ring (bicyclic) bond motifs is 2. The van der Waals surface area contributed by atoms with Crippen molar-refractivity contribution in [3.8, 4) is 6.07 Å². The minimum absolute atomic E-state index is 0.498. The second-order valence-corrected chi connectivity index (χ2v) is 8.24. The molecule has 2 aromatic heterocycles. The topological polar surface area (TPSA) is 66.5 Å². The fourth-order valence-electron chi connectivity index (χ4n) is 3.99. The Kier molecular flexibility index (Phi) is 5.49. The van der Waals surface area contributed by atoms with E-state index in [2.05, 4.69) is 51.3 Å². The number of anilines is 1. The molecular weight excluding hydrogens is 414 g/mol. The SMILES string of the molecule is CSc1nc2ccccc2c(NCc2nc3ccccc3n2Cc2ccccc2)c1C#N. The van der Waals surface area contributed by atoms with E-state index < -0.39 is 0 Å². The Hall–Kier alpha value is -3.82. The van der Waals surface area contributed by atoms with Gasteiger partial charge in [0, 0.05) is 11.9 Å². The van der Waals surface area contributed by atoms with Gasteiger partial charge in [-0.3, -0.25) is 0 Å². The lowest BCUT2D eigenvalue weighted by Crippen LogP contribution is -2.11. The number of pyridine rings is 1. The first-order chi connectivity index (χ1) is 15.8. The van der Waals surface area contributed by atoms with Crippen molar-refractivity contribution >= 4 is 39.4 Å². The first-order valence-corrected chi connectivity index (χ1v) is 11.6. The van der Waals surface area contributed by atoms with Gasteiger partial charge in [0.05, 0.1) is 28.8 Å². The number of aromatic nitrogens is 3. The van der Waals surface area contributed by atoms with Gasteiger partial charge in [0.15, 0.2) is 0 Å².